The van der Waals surface area contributed by atoms with Gasteiger partial charge in [0.25, 0.3) is 11.8 Å². The maximum Gasteiger partial charge on any atom is 0.301 e. The van der Waals surface area contributed by atoms with E-state index in [1.807, 2.05) is 0 Å². The highest BCUT2D eigenvalue weighted by molar-refractivity contribution is 8.02. The largest absolute Gasteiger partial charge is 0.301 e. The van der Waals surface area contributed by atoms with E-state index in [4.69, 9.17) is 46.4 Å². The molecule has 1 aromatic rings. The van der Waals surface area contributed by atoms with Crippen molar-refractivity contribution in [3.8, 4) is 0 Å². The molecule has 0 saturated heterocycles. The normalized spacial score (nSPS) is 15.9. The summed E-state index contributed by atoms with van der Waals surface area (Å²) in [4.78, 5) is 23.9. The van der Waals surface area contributed by atoms with Gasteiger partial charge in [0.2, 0.25) is 3.67 Å². The number of benzene rings is 1. The third-order valence-electron chi connectivity index (χ3n) is 2.29. The van der Waals surface area contributed by atoms with Crippen LogP contribution in [-0.2, 0) is 0 Å². The van der Waals surface area contributed by atoms with Crippen molar-refractivity contribution >= 4 is 70.2 Å². The highest BCUT2D eigenvalue weighted by Crippen LogP contribution is 2.53. The SMILES string of the molecule is O=C1c2ccccc2C(=O)N1SC(Cl)(Cl)C(F)(Cl)Cl. The van der Waals surface area contributed by atoms with Crippen molar-refractivity contribution in [3.63, 3.8) is 0 Å². The molecule has 1 aliphatic rings. The molecule has 0 spiro atoms. The topological polar surface area (TPSA) is 37.4 Å². The Bertz CT molecular complexity index is 526. The summed E-state index contributed by atoms with van der Waals surface area (Å²) in [5.41, 5.74) is 0.357. The lowest BCUT2D eigenvalue weighted by molar-refractivity contribution is 0.0776. The Morgan fingerprint density at radius 3 is 1.79 bits per heavy atom. The summed E-state index contributed by atoms with van der Waals surface area (Å²) in [6.07, 6.45) is 0. The zero-order valence-electron chi connectivity index (χ0n) is 8.87. The van der Waals surface area contributed by atoms with Gasteiger partial charge in [0.05, 0.1) is 11.1 Å². The van der Waals surface area contributed by atoms with Crippen molar-refractivity contribution < 1.29 is 14.0 Å². The third-order valence-corrected chi connectivity index (χ3v) is 5.43. The zero-order chi connectivity index (χ0) is 14.4. The molecule has 2 amide bonds. The van der Waals surface area contributed by atoms with E-state index in [0.29, 0.717) is 4.31 Å². The molecule has 3 nitrogen and oxygen atoms in total. The van der Waals surface area contributed by atoms with E-state index in [1.54, 1.807) is 12.1 Å². The van der Waals surface area contributed by atoms with Crippen LogP contribution >= 0.6 is 58.4 Å². The Morgan fingerprint density at radius 1 is 1.00 bits per heavy atom. The van der Waals surface area contributed by atoms with Gasteiger partial charge >= 0.3 is 4.59 Å². The molecule has 0 atom stereocenters. The van der Waals surface area contributed by atoms with E-state index in [2.05, 4.69) is 0 Å². The van der Waals surface area contributed by atoms with Gasteiger partial charge in [-0.05, 0) is 12.1 Å². The number of carbonyl (C=O) groups is 2. The Morgan fingerprint density at radius 2 is 1.42 bits per heavy atom. The van der Waals surface area contributed by atoms with Gasteiger partial charge in [-0.15, -0.1) is 0 Å². The van der Waals surface area contributed by atoms with E-state index in [0.717, 1.165) is 0 Å². The molecule has 19 heavy (non-hydrogen) atoms. The number of alkyl halides is 5. The third kappa shape index (κ3) is 2.67. The fourth-order valence-corrected chi connectivity index (χ4v) is 2.73. The van der Waals surface area contributed by atoms with Crippen LogP contribution in [0.15, 0.2) is 24.3 Å². The number of imide groups is 1. The first-order chi connectivity index (χ1) is 8.65. The van der Waals surface area contributed by atoms with Crippen LogP contribution in [0.3, 0.4) is 0 Å². The van der Waals surface area contributed by atoms with Crippen molar-refractivity contribution in [2.24, 2.45) is 0 Å². The van der Waals surface area contributed by atoms with Gasteiger partial charge in [-0.25, -0.2) is 8.70 Å². The van der Waals surface area contributed by atoms with E-state index in [9.17, 15) is 14.0 Å². The van der Waals surface area contributed by atoms with Crippen molar-refractivity contribution in [1.82, 2.24) is 4.31 Å². The first kappa shape index (κ1) is 15.2. The monoisotopic (exact) mass is 361 g/mol. The van der Waals surface area contributed by atoms with Gasteiger partial charge in [0.15, 0.2) is 0 Å². The van der Waals surface area contributed by atoms with Gasteiger partial charge in [0.1, 0.15) is 0 Å². The number of halogens is 5. The lowest BCUT2D eigenvalue weighted by atomic mass is 10.1. The van der Waals surface area contributed by atoms with E-state index >= 15 is 0 Å². The molecule has 2 rings (SSSR count). The Kier molecular flexibility index (Phi) is 3.97. The average Bonchev–Trinajstić information content (AvgIpc) is 2.54. The standard InChI is InChI=1S/C10H4Cl4FNO2S/c11-9(12,15)10(13,14)19-16-7(17)5-3-1-2-4-6(5)8(16)18/h1-4H. The summed E-state index contributed by atoms with van der Waals surface area (Å²) in [5, 5.41) is 0. The van der Waals surface area contributed by atoms with Gasteiger partial charge < -0.3 is 0 Å². The number of hydrogen-bond donors (Lipinski definition) is 0. The molecule has 1 aliphatic heterocycles. The van der Waals surface area contributed by atoms with Crippen molar-refractivity contribution in [3.05, 3.63) is 35.4 Å². The van der Waals surface area contributed by atoms with Gasteiger partial charge in [0, 0.05) is 11.9 Å². The van der Waals surface area contributed by atoms with Crippen molar-refractivity contribution in [2.45, 2.75) is 8.25 Å². The molecule has 1 heterocycles. The zero-order valence-corrected chi connectivity index (χ0v) is 12.7. The number of amides is 2. The first-order valence-corrected chi connectivity index (χ1v) is 7.05. The van der Waals surface area contributed by atoms with Crippen LogP contribution in [0.25, 0.3) is 0 Å². The van der Waals surface area contributed by atoms with Crippen molar-refractivity contribution in [2.75, 3.05) is 0 Å². The number of nitrogens with zero attached hydrogens (tertiary/aromatic N) is 1. The number of hydrogen-bond acceptors (Lipinski definition) is 3. The number of rotatable bonds is 3. The second-order valence-electron chi connectivity index (χ2n) is 3.56. The van der Waals surface area contributed by atoms with Crippen LogP contribution in [0.2, 0.25) is 0 Å². The lowest BCUT2D eigenvalue weighted by Crippen LogP contribution is -2.35. The number of carbonyl (C=O) groups excluding carboxylic acids is 2. The molecule has 9 heteroatoms. The van der Waals surface area contributed by atoms with Crippen LogP contribution in [0, 0.1) is 0 Å². The van der Waals surface area contributed by atoms with Gasteiger partial charge in [-0.3, -0.25) is 9.59 Å². The van der Waals surface area contributed by atoms with Crippen LogP contribution < -0.4 is 0 Å². The summed E-state index contributed by atoms with van der Waals surface area (Å²) in [5.74, 6) is -1.32. The molecule has 0 bridgehead atoms. The quantitative estimate of drug-likeness (QED) is 0.460. The average molecular weight is 363 g/mol. The molecule has 102 valence electrons. The highest BCUT2D eigenvalue weighted by Gasteiger charge is 2.53. The molecular formula is C10H4Cl4FNO2S. The Labute approximate surface area is 132 Å². The van der Waals surface area contributed by atoms with Crippen LogP contribution in [0.4, 0.5) is 4.39 Å². The summed E-state index contributed by atoms with van der Waals surface area (Å²) in [6.45, 7) is 0. The predicted molar refractivity (Wildman–Crippen MR) is 74.5 cm³/mol. The minimum Gasteiger partial charge on any atom is -0.268 e. The fraction of sp³-hybridized carbons (Fsp3) is 0.200. The molecule has 1 aromatic carbocycles. The van der Waals surface area contributed by atoms with Crippen LogP contribution in [0.5, 0.6) is 0 Å². The smallest absolute Gasteiger partial charge is 0.268 e. The molecule has 0 saturated carbocycles. The minimum atomic E-state index is -3.05. The summed E-state index contributed by atoms with van der Waals surface area (Å²) in [6, 6.07) is 6.11. The van der Waals surface area contributed by atoms with Gasteiger partial charge in [-0.2, -0.15) is 0 Å². The van der Waals surface area contributed by atoms with E-state index in [1.165, 1.54) is 12.1 Å². The predicted octanol–water partition coefficient (Wildman–Crippen LogP) is 4.16. The van der Waals surface area contributed by atoms with Crippen LogP contribution in [-0.4, -0.2) is 24.4 Å². The molecule has 0 N–H and O–H groups in total. The maximum absolute atomic E-state index is 13.4. The molecular weight excluding hydrogens is 359 g/mol. The molecule has 0 fully saturated rings. The molecule has 0 unspecified atom stereocenters. The van der Waals surface area contributed by atoms with Crippen molar-refractivity contribution in [1.29, 1.82) is 0 Å². The molecule has 0 aliphatic carbocycles. The van der Waals surface area contributed by atoms with Gasteiger partial charge in [-0.1, -0.05) is 58.5 Å². The second kappa shape index (κ2) is 4.97. The number of fused-ring (bicyclic) bond motifs is 1. The Balaban J connectivity index is 2.31. The molecule has 0 radical (unpaired) electrons. The summed E-state index contributed by atoms with van der Waals surface area (Å²) >= 11 is 21.8. The highest BCUT2D eigenvalue weighted by atomic mass is 35.5. The lowest BCUT2D eigenvalue weighted by Gasteiger charge is -2.27. The molecule has 0 aromatic heterocycles. The summed E-state index contributed by atoms with van der Waals surface area (Å²) in [7, 11) is 0. The minimum absolute atomic E-state index is 0.178. The first-order valence-electron chi connectivity index (χ1n) is 4.76. The Hall–Kier alpha value is -0.200. The van der Waals surface area contributed by atoms with Crippen LogP contribution in [0.1, 0.15) is 20.7 Å². The van der Waals surface area contributed by atoms with E-state index in [-0.39, 0.29) is 23.1 Å². The fourth-order valence-electron chi connectivity index (χ4n) is 1.42. The maximum atomic E-state index is 13.4. The second-order valence-corrected chi connectivity index (χ2v) is 7.73. The van der Waals surface area contributed by atoms with E-state index < -0.39 is 20.1 Å². The summed E-state index contributed by atoms with van der Waals surface area (Å²) < 4.78 is 8.57.